The number of hydrogen-bond acceptors (Lipinski definition) is 2. The molecule has 2 aromatic carbocycles. The number of para-hydroxylation sites is 1. The Balaban J connectivity index is 2.18. The normalized spacial score (nSPS) is 10.6. The predicted molar refractivity (Wildman–Crippen MR) is 99.0 cm³/mol. The van der Waals surface area contributed by atoms with E-state index in [0.717, 1.165) is 11.1 Å². The average molecular weight is 365 g/mol. The number of rotatable bonds is 3. The van der Waals surface area contributed by atoms with Crippen LogP contribution in [0.1, 0.15) is 30.9 Å². The van der Waals surface area contributed by atoms with E-state index in [1.54, 1.807) is 12.1 Å². The van der Waals surface area contributed by atoms with Gasteiger partial charge in [0.15, 0.2) is 0 Å². The smallest absolute Gasteiger partial charge is 0.314 e. The van der Waals surface area contributed by atoms with Crippen molar-refractivity contribution in [3.8, 4) is 0 Å². The van der Waals surface area contributed by atoms with Crippen LogP contribution in [-0.4, -0.2) is 11.8 Å². The van der Waals surface area contributed by atoms with Gasteiger partial charge >= 0.3 is 11.8 Å². The first-order valence-electron chi connectivity index (χ1n) is 7.46. The van der Waals surface area contributed by atoms with Gasteiger partial charge in [-0.05, 0) is 42.2 Å². The second-order valence-electron chi connectivity index (χ2n) is 5.73. The third-order valence-electron chi connectivity index (χ3n) is 3.55. The van der Waals surface area contributed by atoms with Crippen molar-refractivity contribution < 1.29 is 9.59 Å². The molecule has 0 bridgehead atoms. The van der Waals surface area contributed by atoms with Crippen molar-refractivity contribution in [3.63, 3.8) is 0 Å². The third-order valence-corrected chi connectivity index (χ3v) is 4.11. The Morgan fingerprint density at radius 3 is 2.33 bits per heavy atom. The van der Waals surface area contributed by atoms with Crippen molar-refractivity contribution in [1.29, 1.82) is 0 Å². The summed E-state index contributed by atoms with van der Waals surface area (Å²) in [7, 11) is 0. The SMILES string of the molecule is Cc1cccc(C(C)C)c1NC(=O)C(=O)Nc1cc(Cl)ccc1Cl. The minimum absolute atomic E-state index is 0.214. The van der Waals surface area contributed by atoms with Crippen molar-refractivity contribution in [2.24, 2.45) is 0 Å². The highest BCUT2D eigenvalue weighted by molar-refractivity contribution is 6.45. The number of halogens is 2. The van der Waals surface area contributed by atoms with E-state index in [0.29, 0.717) is 15.7 Å². The molecule has 0 unspecified atom stereocenters. The van der Waals surface area contributed by atoms with Crippen molar-refractivity contribution in [2.75, 3.05) is 10.6 Å². The van der Waals surface area contributed by atoms with Crippen LogP contribution in [0.4, 0.5) is 11.4 Å². The van der Waals surface area contributed by atoms with Crippen LogP contribution in [0.25, 0.3) is 0 Å². The molecular weight excluding hydrogens is 347 g/mol. The summed E-state index contributed by atoms with van der Waals surface area (Å²) in [6, 6.07) is 10.4. The lowest BCUT2D eigenvalue weighted by Gasteiger charge is -2.16. The van der Waals surface area contributed by atoms with E-state index in [2.05, 4.69) is 10.6 Å². The van der Waals surface area contributed by atoms with Gasteiger partial charge in [-0.25, -0.2) is 0 Å². The molecule has 24 heavy (non-hydrogen) atoms. The first kappa shape index (κ1) is 18.3. The second kappa shape index (κ2) is 7.69. The third kappa shape index (κ3) is 4.28. The molecule has 0 fully saturated rings. The van der Waals surface area contributed by atoms with Crippen molar-refractivity contribution >= 4 is 46.4 Å². The molecule has 2 N–H and O–H groups in total. The molecule has 2 aromatic rings. The molecule has 0 aliphatic heterocycles. The van der Waals surface area contributed by atoms with Crippen molar-refractivity contribution in [1.82, 2.24) is 0 Å². The zero-order valence-electron chi connectivity index (χ0n) is 13.6. The van der Waals surface area contributed by atoms with Crippen LogP contribution in [0.5, 0.6) is 0 Å². The van der Waals surface area contributed by atoms with Crippen molar-refractivity contribution in [2.45, 2.75) is 26.7 Å². The number of nitrogens with one attached hydrogen (secondary N) is 2. The van der Waals surface area contributed by atoms with Gasteiger partial charge in [0.2, 0.25) is 0 Å². The van der Waals surface area contributed by atoms with Gasteiger partial charge in [0.05, 0.1) is 10.7 Å². The number of carbonyl (C=O) groups excluding carboxylic acids is 2. The minimum Gasteiger partial charge on any atom is -0.317 e. The Hall–Kier alpha value is -2.04. The fourth-order valence-corrected chi connectivity index (χ4v) is 2.62. The molecule has 0 spiro atoms. The fraction of sp³-hybridized carbons (Fsp3) is 0.222. The van der Waals surface area contributed by atoms with Crippen LogP contribution in [0, 0.1) is 6.92 Å². The Morgan fingerprint density at radius 2 is 1.67 bits per heavy atom. The van der Waals surface area contributed by atoms with E-state index >= 15 is 0 Å². The molecule has 0 radical (unpaired) electrons. The molecule has 2 rings (SSSR count). The molecule has 0 aromatic heterocycles. The van der Waals surface area contributed by atoms with Crippen LogP contribution in [-0.2, 0) is 9.59 Å². The van der Waals surface area contributed by atoms with Gasteiger partial charge in [-0.2, -0.15) is 0 Å². The van der Waals surface area contributed by atoms with Gasteiger partial charge in [0, 0.05) is 10.7 Å². The molecule has 0 saturated carbocycles. The first-order valence-corrected chi connectivity index (χ1v) is 8.22. The Labute approximate surface area is 151 Å². The molecule has 2 amide bonds. The summed E-state index contributed by atoms with van der Waals surface area (Å²) >= 11 is 11.9. The number of hydrogen-bond donors (Lipinski definition) is 2. The second-order valence-corrected chi connectivity index (χ2v) is 6.57. The Morgan fingerprint density at radius 1 is 1.00 bits per heavy atom. The lowest BCUT2D eigenvalue weighted by Crippen LogP contribution is -2.30. The highest BCUT2D eigenvalue weighted by Crippen LogP contribution is 2.28. The number of aryl methyl sites for hydroxylation is 1. The summed E-state index contributed by atoms with van der Waals surface area (Å²) < 4.78 is 0. The number of benzene rings is 2. The summed E-state index contributed by atoms with van der Waals surface area (Å²) in [4.78, 5) is 24.4. The Kier molecular flexibility index (Phi) is 5.86. The predicted octanol–water partition coefficient (Wildman–Crippen LogP) is 5.00. The summed E-state index contributed by atoms with van der Waals surface area (Å²) in [6.45, 7) is 5.93. The molecular formula is C18H18Cl2N2O2. The van der Waals surface area contributed by atoms with E-state index in [1.807, 2.05) is 39.0 Å². The van der Waals surface area contributed by atoms with Gasteiger partial charge in [-0.1, -0.05) is 55.2 Å². The maximum Gasteiger partial charge on any atom is 0.314 e. The van der Waals surface area contributed by atoms with Gasteiger partial charge in [0.1, 0.15) is 0 Å². The molecule has 0 atom stereocenters. The average Bonchev–Trinajstić information content (AvgIpc) is 2.52. The van der Waals surface area contributed by atoms with Crippen LogP contribution in [0.2, 0.25) is 10.0 Å². The molecule has 6 heteroatoms. The maximum atomic E-state index is 12.2. The van der Waals surface area contributed by atoms with E-state index in [9.17, 15) is 9.59 Å². The summed E-state index contributed by atoms with van der Waals surface area (Å²) in [6.07, 6.45) is 0. The molecule has 4 nitrogen and oxygen atoms in total. The molecule has 0 aliphatic carbocycles. The lowest BCUT2D eigenvalue weighted by molar-refractivity contribution is -0.133. The topological polar surface area (TPSA) is 58.2 Å². The van der Waals surface area contributed by atoms with Gasteiger partial charge < -0.3 is 10.6 Å². The summed E-state index contributed by atoms with van der Waals surface area (Å²) in [5.74, 6) is -1.36. The van der Waals surface area contributed by atoms with E-state index in [1.165, 1.54) is 6.07 Å². The number of anilines is 2. The van der Waals surface area contributed by atoms with Gasteiger partial charge in [-0.15, -0.1) is 0 Å². The van der Waals surface area contributed by atoms with Crippen molar-refractivity contribution in [3.05, 3.63) is 57.6 Å². The summed E-state index contributed by atoms with van der Waals surface area (Å²) in [5, 5.41) is 5.88. The highest BCUT2D eigenvalue weighted by atomic mass is 35.5. The van der Waals surface area contributed by atoms with E-state index in [-0.39, 0.29) is 11.6 Å². The first-order chi connectivity index (χ1) is 11.3. The van der Waals surface area contributed by atoms with Crippen LogP contribution in [0.15, 0.2) is 36.4 Å². The van der Waals surface area contributed by atoms with Crippen LogP contribution < -0.4 is 10.6 Å². The molecule has 0 aliphatic rings. The molecule has 126 valence electrons. The van der Waals surface area contributed by atoms with Gasteiger partial charge in [-0.3, -0.25) is 9.59 Å². The minimum atomic E-state index is -0.808. The van der Waals surface area contributed by atoms with E-state index in [4.69, 9.17) is 23.2 Å². The lowest BCUT2D eigenvalue weighted by atomic mass is 9.98. The highest BCUT2D eigenvalue weighted by Gasteiger charge is 2.19. The summed E-state index contributed by atoms with van der Waals surface area (Å²) in [5.41, 5.74) is 2.81. The number of amides is 2. The Bertz CT molecular complexity index is 789. The number of carbonyl (C=O) groups is 2. The molecule has 0 heterocycles. The quantitative estimate of drug-likeness (QED) is 0.752. The monoisotopic (exact) mass is 364 g/mol. The van der Waals surface area contributed by atoms with E-state index < -0.39 is 11.8 Å². The van der Waals surface area contributed by atoms with Crippen LogP contribution in [0.3, 0.4) is 0 Å². The van der Waals surface area contributed by atoms with Crippen LogP contribution >= 0.6 is 23.2 Å². The largest absolute Gasteiger partial charge is 0.317 e. The zero-order chi connectivity index (χ0) is 17.9. The fourth-order valence-electron chi connectivity index (χ4n) is 2.28. The molecule has 0 saturated heterocycles. The van der Waals surface area contributed by atoms with Gasteiger partial charge in [0.25, 0.3) is 0 Å². The maximum absolute atomic E-state index is 12.2. The standard InChI is InChI=1S/C18H18Cl2N2O2/c1-10(2)13-6-4-5-11(3)16(13)22-18(24)17(23)21-15-9-12(19)7-8-14(15)20/h4-10H,1-3H3,(H,21,23)(H,22,24). The zero-order valence-corrected chi connectivity index (χ0v) is 15.1.